The van der Waals surface area contributed by atoms with Gasteiger partial charge >= 0.3 is 6.03 Å². The van der Waals surface area contributed by atoms with E-state index in [1.807, 2.05) is 48.7 Å². The molecule has 9 heteroatoms. The van der Waals surface area contributed by atoms with Crippen molar-refractivity contribution in [1.82, 2.24) is 14.9 Å². The zero-order chi connectivity index (χ0) is 20.9. The minimum atomic E-state index is -0.274. The average Bonchev–Trinajstić information content (AvgIpc) is 3.37. The Kier molecular flexibility index (Phi) is 5.89. The number of benzene rings is 1. The number of pyridine rings is 1. The molecule has 1 aromatic carbocycles. The summed E-state index contributed by atoms with van der Waals surface area (Å²) in [5.41, 5.74) is 2.42. The maximum Gasteiger partial charge on any atom is 0.325 e. The van der Waals surface area contributed by atoms with Gasteiger partial charge in [-0.2, -0.15) is 0 Å². The van der Waals surface area contributed by atoms with E-state index in [4.69, 9.17) is 4.74 Å². The van der Waals surface area contributed by atoms with Gasteiger partial charge in [0.1, 0.15) is 12.3 Å². The summed E-state index contributed by atoms with van der Waals surface area (Å²) >= 11 is 1.34. The number of aromatic nitrogens is 2. The molecule has 0 unspecified atom stereocenters. The predicted molar refractivity (Wildman–Crippen MR) is 116 cm³/mol. The lowest BCUT2D eigenvalue weighted by molar-refractivity contribution is -0.116. The summed E-state index contributed by atoms with van der Waals surface area (Å²) < 4.78 is 5.44. The fourth-order valence-corrected chi connectivity index (χ4v) is 3.90. The average molecular weight is 423 g/mol. The Balaban J connectivity index is 1.34. The first-order valence-corrected chi connectivity index (χ1v) is 10.5. The van der Waals surface area contributed by atoms with Crippen molar-refractivity contribution < 1.29 is 14.3 Å². The monoisotopic (exact) mass is 423 g/mol. The van der Waals surface area contributed by atoms with Gasteiger partial charge in [-0.05, 0) is 43.3 Å². The molecule has 2 aromatic heterocycles. The SMILES string of the molecule is CCOc1ccc(N2CCN(CC(=O)Nc3nc(-c4cccnc4)cs3)C2=O)cc1. The standard InChI is InChI=1S/C21H21N5O3S/c1-2-29-17-7-5-16(6-8-17)26-11-10-25(21(26)28)13-19(27)24-20-23-18(14-30-20)15-4-3-9-22-12-15/h3-9,12,14H,2,10-11,13H2,1H3,(H,23,24,27). The normalized spacial score (nSPS) is 13.6. The lowest BCUT2D eigenvalue weighted by Gasteiger charge is -2.18. The van der Waals surface area contributed by atoms with E-state index in [9.17, 15) is 9.59 Å². The summed E-state index contributed by atoms with van der Waals surface area (Å²) in [7, 11) is 0. The van der Waals surface area contributed by atoms with Gasteiger partial charge in [0.25, 0.3) is 0 Å². The molecule has 4 rings (SSSR count). The Hall–Kier alpha value is -3.46. The quantitative estimate of drug-likeness (QED) is 0.629. The largest absolute Gasteiger partial charge is 0.494 e. The van der Waals surface area contributed by atoms with E-state index >= 15 is 0 Å². The number of ether oxygens (including phenoxy) is 1. The van der Waals surface area contributed by atoms with Gasteiger partial charge in [-0.3, -0.25) is 14.7 Å². The number of hydrogen-bond donors (Lipinski definition) is 1. The Morgan fingerprint density at radius 1 is 1.23 bits per heavy atom. The van der Waals surface area contributed by atoms with Crippen molar-refractivity contribution >= 4 is 34.1 Å². The fourth-order valence-electron chi connectivity index (χ4n) is 3.17. The zero-order valence-corrected chi connectivity index (χ0v) is 17.3. The van der Waals surface area contributed by atoms with Gasteiger partial charge < -0.3 is 15.0 Å². The fraction of sp³-hybridized carbons (Fsp3) is 0.238. The maximum absolute atomic E-state index is 12.7. The van der Waals surface area contributed by atoms with Crippen LogP contribution >= 0.6 is 11.3 Å². The van der Waals surface area contributed by atoms with Crippen molar-refractivity contribution in [3.8, 4) is 17.0 Å². The molecule has 1 saturated heterocycles. The molecule has 0 saturated carbocycles. The second-order valence-corrected chi connectivity index (χ2v) is 7.47. The van der Waals surface area contributed by atoms with Crippen LogP contribution in [0.2, 0.25) is 0 Å². The number of anilines is 2. The third-order valence-corrected chi connectivity index (χ3v) is 5.35. The first kappa shape index (κ1) is 19.8. The second kappa shape index (κ2) is 8.91. The molecule has 8 nitrogen and oxygen atoms in total. The molecule has 1 fully saturated rings. The number of amides is 3. The minimum absolute atomic E-state index is 0.0197. The molecule has 1 aliphatic heterocycles. The van der Waals surface area contributed by atoms with Gasteiger partial charge in [-0.15, -0.1) is 11.3 Å². The highest BCUT2D eigenvalue weighted by atomic mass is 32.1. The topological polar surface area (TPSA) is 87.7 Å². The summed E-state index contributed by atoms with van der Waals surface area (Å²) in [6.45, 7) is 3.51. The molecule has 154 valence electrons. The second-order valence-electron chi connectivity index (χ2n) is 6.61. The number of carbonyl (C=O) groups excluding carboxylic acids is 2. The number of hydrogen-bond acceptors (Lipinski definition) is 6. The maximum atomic E-state index is 12.7. The van der Waals surface area contributed by atoms with Crippen molar-refractivity contribution in [2.75, 3.05) is 36.5 Å². The van der Waals surface area contributed by atoms with E-state index in [2.05, 4.69) is 15.3 Å². The van der Waals surface area contributed by atoms with Crippen LogP contribution in [0.25, 0.3) is 11.3 Å². The van der Waals surface area contributed by atoms with Crippen molar-refractivity contribution in [3.05, 3.63) is 54.2 Å². The van der Waals surface area contributed by atoms with E-state index < -0.39 is 0 Å². The van der Waals surface area contributed by atoms with Crippen LogP contribution < -0.4 is 15.0 Å². The summed E-state index contributed by atoms with van der Waals surface area (Å²) in [6, 6.07) is 10.9. The van der Waals surface area contributed by atoms with Crippen molar-refractivity contribution in [2.24, 2.45) is 0 Å². The number of nitrogens with one attached hydrogen (secondary N) is 1. The van der Waals surface area contributed by atoms with E-state index in [0.29, 0.717) is 24.8 Å². The van der Waals surface area contributed by atoms with Gasteiger partial charge in [-0.1, -0.05) is 0 Å². The summed E-state index contributed by atoms with van der Waals surface area (Å²) in [5, 5.41) is 5.13. The Labute approximate surface area is 178 Å². The van der Waals surface area contributed by atoms with Gasteiger partial charge in [0, 0.05) is 42.1 Å². The van der Waals surface area contributed by atoms with Crippen LogP contribution in [0, 0.1) is 0 Å². The van der Waals surface area contributed by atoms with Crippen LogP contribution in [-0.4, -0.2) is 53.0 Å². The first-order valence-electron chi connectivity index (χ1n) is 9.59. The third-order valence-electron chi connectivity index (χ3n) is 4.60. The van der Waals surface area contributed by atoms with Crippen LogP contribution in [0.15, 0.2) is 54.2 Å². The van der Waals surface area contributed by atoms with Crippen LogP contribution in [0.4, 0.5) is 15.6 Å². The number of nitrogens with zero attached hydrogens (tertiary/aromatic N) is 4. The third kappa shape index (κ3) is 4.41. The van der Waals surface area contributed by atoms with E-state index in [-0.39, 0.29) is 18.5 Å². The summed E-state index contributed by atoms with van der Waals surface area (Å²) in [4.78, 5) is 36.8. The summed E-state index contributed by atoms with van der Waals surface area (Å²) in [5.74, 6) is 0.488. The number of thiazole rings is 1. The van der Waals surface area contributed by atoms with Gasteiger partial charge in [-0.25, -0.2) is 9.78 Å². The Morgan fingerprint density at radius 2 is 2.07 bits per heavy atom. The molecule has 1 N–H and O–H groups in total. The smallest absolute Gasteiger partial charge is 0.325 e. The van der Waals surface area contributed by atoms with Crippen molar-refractivity contribution in [2.45, 2.75) is 6.92 Å². The van der Waals surface area contributed by atoms with Crippen LogP contribution in [0.5, 0.6) is 5.75 Å². The van der Waals surface area contributed by atoms with Crippen molar-refractivity contribution in [3.63, 3.8) is 0 Å². The number of urea groups is 1. The van der Waals surface area contributed by atoms with Gasteiger partial charge in [0.2, 0.25) is 5.91 Å². The Morgan fingerprint density at radius 3 is 2.80 bits per heavy atom. The summed E-state index contributed by atoms with van der Waals surface area (Å²) in [6.07, 6.45) is 3.42. The van der Waals surface area contributed by atoms with Crippen LogP contribution in [0.1, 0.15) is 6.92 Å². The highest BCUT2D eigenvalue weighted by Gasteiger charge is 2.31. The number of rotatable bonds is 7. The molecular weight excluding hydrogens is 402 g/mol. The first-order chi connectivity index (χ1) is 14.6. The van der Waals surface area contributed by atoms with Gasteiger partial charge in [0.05, 0.1) is 12.3 Å². The molecule has 3 aromatic rings. The van der Waals surface area contributed by atoms with E-state index in [1.165, 1.54) is 16.2 Å². The molecule has 3 heterocycles. The molecular formula is C21H21N5O3S. The lowest BCUT2D eigenvalue weighted by Crippen LogP contribution is -2.37. The van der Waals surface area contributed by atoms with Gasteiger partial charge in [0.15, 0.2) is 5.13 Å². The van der Waals surface area contributed by atoms with E-state index in [1.54, 1.807) is 17.3 Å². The lowest BCUT2D eigenvalue weighted by atomic mass is 10.2. The molecule has 1 aliphatic rings. The minimum Gasteiger partial charge on any atom is -0.494 e. The molecule has 0 radical (unpaired) electrons. The highest BCUT2D eigenvalue weighted by molar-refractivity contribution is 7.14. The number of carbonyl (C=O) groups is 2. The highest BCUT2D eigenvalue weighted by Crippen LogP contribution is 2.25. The van der Waals surface area contributed by atoms with E-state index in [0.717, 1.165) is 22.7 Å². The zero-order valence-electron chi connectivity index (χ0n) is 16.4. The van der Waals surface area contributed by atoms with Crippen LogP contribution in [0.3, 0.4) is 0 Å². The predicted octanol–water partition coefficient (Wildman–Crippen LogP) is 3.48. The Bertz CT molecular complexity index is 1020. The van der Waals surface area contributed by atoms with Crippen molar-refractivity contribution in [1.29, 1.82) is 0 Å². The molecule has 0 aliphatic carbocycles. The molecule has 30 heavy (non-hydrogen) atoms. The molecule has 0 bridgehead atoms. The molecule has 0 spiro atoms. The molecule has 3 amide bonds. The molecule has 0 atom stereocenters. The van der Waals surface area contributed by atoms with Crippen LogP contribution in [-0.2, 0) is 4.79 Å².